The number of esters is 1. The molecule has 16 heavy (non-hydrogen) atoms. The summed E-state index contributed by atoms with van der Waals surface area (Å²) < 4.78 is 5.25. The number of hydrogen-bond acceptors (Lipinski definition) is 4. The van der Waals surface area contributed by atoms with Gasteiger partial charge in [0.2, 0.25) is 0 Å². The SMILES string of the molecule is C[C@@H](O)[C@H](NC(C)(C)C)C(=O)OC(C)(C)C. The highest BCUT2D eigenvalue weighted by atomic mass is 16.6. The predicted molar refractivity (Wildman–Crippen MR) is 64.2 cm³/mol. The van der Waals surface area contributed by atoms with E-state index < -0.39 is 23.7 Å². The van der Waals surface area contributed by atoms with E-state index in [4.69, 9.17) is 4.74 Å². The van der Waals surface area contributed by atoms with E-state index in [2.05, 4.69) is 5.32 Å². The van der Waals surface area contributed by atoms with E-state index in [1.54, 1.807) is 27.7 Å². The first-order chi connectivity index (χ1) is 6.92. The van der Waals surface area contributed by atoms with Gasteiger partial charge in [0.05, 0.1) is 6.10 Å². The molecule has 0 aliphatic heterocycles. The fourth-order valence-electron chi connectivity index (χ4n) is 1.21. The lowest BCUT2D eigenvalue weighted by atomic mass is 10.0. The van der Waals surface area contributed by atoms with E-state index >= 15 is 0 Å². The molecule has 0 saturated carbocycles. The van der Waals surface area contributed by atoms with E-state index in [-0.39, 0.29) is 5.54 Å². The van der Waals surface area contributed by atoms with Crippen LogP contribution in [0.5, 0.6) is 0 Å². The van der Waals surface area contributed by atoms with Gasteiger partial charge in [0.15, 0.2) is 0 Å². The zero-order valence-electron chi connectivity index (χ0n) is 11.4. The number of carbonyl (C=O) groups excluding carboxylic acids is 1. The third kappa shape index (κ3) is 6.80. The Morgan fingerprint density at radius 1 is 1.19 bits per heavy atom. The average molecular weight is 231 g/mol. The van der Waals surface area contributed by atoms with Crippen LogP contribution < -0.4 is 5.32 Å². The molecule has 0 aromatic rings. The lowest BCUT2D eigenvalue weighted by Crippen LogP contribution is -2.54. The number of hydrogen-bond donors (Lipinski definition) is 2. The second-order valence-electron chi connectivity index (χ2n) is 6.15. The predicted octanol–water partition coefficient (Wildman–Crippen LogP) is 1.47. The number of aliphatic hydroxyl groups is 1. The molecule has 0 saturated heterocycles. The average Bonchev–Trinajstić information content (AvgIpc) is 1.94. The van der Waals surface area contributed by atoms with E-state index in [1.165, 1.54) is 0 Å². The summed E-state index contributed by atoms with van der Waals surface area (Å²) in [6.45, 7) is 12.8. The maximum absolute atomic E-state index is 11.8. The van der Waals surface area contributed by atoms with E-state index in [0.29, 0.717) is 0 Å². The normalized spacial score (nSPS) is 16.8. The molecule has 2 atom stereocenters. The summed E-state index contributed by atoms with van der Waals surface area (Å²) in [6.07, 6.45) is -0.783. The second kappa shape index (κ2) is 5.15. The van der Waals surface area contributed by atoms with Crippen molar-refractivity contribution in [3.63, 3.8) is 0 Å². The summed E-state index contributed by atoms with van der Waals surface area (Å²) in [5.74, 6) is -0.419. The number of ether oxygens (including phenoxy) is 1. The van der Waals surface area contributed by atoms with E-state index in [1.807, 2.05) is 20.8 Å². The summed E-state index contributed by atoms with van der Waals surface area (Å²) >= 11 is 0. The van der Waals surface area contributed by atoms with Crippen LogP contribution in [0.15, 0.2) is 0 Å². The largest absolute Gasteiger partial charge is 0.459 e. The van der Waals surface area contributed by atoms with Gasteiger partial charge in [-0.1, -0.05) is 0 Å². The fourth-order valence-corrected chi connectivity index (χ4v) is 1.21. The maximum atomic E-state index is 11.8. The Balaban J connectivity index is 4.62. The molecular weight excluding hydrogens is 206 g/mol. The van der Waals surface area contributed by atoms with Crippen molar-refractivity contribution in [2.45, 2.75) is 71.8 Å². The molecule has 0 unspecified atom stereocenters. The molecule has 0 spiro atoms. The molecule has 0 radical (unpaired) electrons. The van der Waals surface area contributed by atoms with Gasteiger partial charge in [-0.2, -0.15) is 0 Å². The van der Waals surface area contributed by atoms with Gasteiger partial charge >= 0.3 is 5.97 Å². The smallest absolute Gasteiger partial charge is 0.326 e. The topological polar surface area (TPSA) is 58.6 Å². The van der Waals surface area contributed by atoms with Crippen LogP contribution >= 0.6 is 0 Å². The van der Waals surface area contributed by atoms with Crippen molar-refractivity contribution in [3.05, 3.63) is 0 Å². The van der Waals surface area contributed by atoms with Crippen LogP contribution in [0.1, 0.15) is 48.5 Å². The zero-order valence-corrected chi connectivity index (χ0v) is 11.4. The van der Waals surface area contributed by atoms with Crippen molar-refractivity contribution in [2.24, 2.45) is 0 Å². The van der Waals surface area contributed by atoms with Crippen molar-refractivity contribution < 1.29 is 14.6 Å². The third-order valence-electron chi connectivity index (χ3n) is 1.73. The van der Waals surface area contributed by atoms with Crippen molar-refractivity contribution in [1.29, 1.82) is 0 Å². The molecule has 0 aliphatic carbocycles. The Morgan fingerprint density at radius 3 is 1.88 bits per heavy atom. The molecule has 2 N–H and O–H groups in total. The Labute approximate surface area is 98.4 Å². The fraction of sp³-hybridized carbons (Fsp3) is 0.917. The minimum Gasteiger partial charge on any atom is -0.459 e. The molecule has 0 rings (SSSR count). The first-order valence-corrected chi connectivity index (χ1v) is 5.61. The van der Waals surface area contributed by atoms with Crippen LogP contribution in [0.25, 0.3) is 0 Å². The lowest BCUT2D eigenvalue weighted by Gasteiger charge is -2.31. The van der Waals surface area contributed by atoms with Crippen LogP contribution in [-0.2, 0) is 9.53 Å². The molecule has 4 nitrogen and oxygen atoms in total. The Hall–Kier alpha value is -0.610. The summed E-state index contributed by atoms with van der Waals surface area (Å²) in [7, 11) is 0. The van der Waals surface area contributed by atoms with Crippen molar-refractivity contribution in [1.82, 2.24) is 5.32 Å². The zero-order chi connectivity index (χ0) is 13.1. The minimum atomic E-state index is -0.783. The quantitative estimate of drug-likeness (QED) is 0.722. The summed E-state index contributed by atoms with van der Waals surface area (Å²) in [4.78, 5) is 11.8. The van der Waals surface area contributed by atoms with E-state index in [9.17, 15) is 9.90 Å². The number of carbonyl (C=O) groups is 1. The summed E-state index contributed by atoms with van der Waals surface area (Å²) in [6, 6.07) is -0.695. The van der Waals surface area contributed by atoms with Gasteiger partial charge < -0.3 is 9.84 Å². The molecule has 0 amide bonds. The third-order valence-corrected chi connectivity index (χ3v) is 1.73. The summed E-state index contributed by atoms with van der Waals surface area (Å²) in [5.41, 5.74) is -0.789. The highest BCUT2D eigenvalue weighted by molar-refractivity contribution is 5.77. The molecule has 0 aliphatic rings. The van der Waals surface area contributed by atoms with Crippen LogP contribution in [0, 0.1) is 0 Å². The van der Waals surface area contributed by atoms with Gasteiger partial charge in [0, 0.05) is 5.54 Å². The molecular formula is C12H25NO3. The first-order valence-electron chi connectivity index (χ1n) is 5.61. The van der Waals surface area contributed by atoms with Crippen LogP contribution in [-0.4, -0.2) is 34.4 Å². The van der Waals surface area contributed by atoms with E-state index in [0.717, 1.165) is 0 Å². The Kier molecular flexibility index (Phi) is 4.95. The summed E-state index contributed by atoms with van der Waals surface area (Å²) in [5, 5.41) is 12.6. The Bertz CT molecular complexity index is 236. The molecule has 0 aromatic heterocycles. The number of aliphatic hydroxyl groups excluding tert-OH is 1. The van der Waals surface area contributed by atoms with Gasteiger partial charge in [-0.05, 0) is 48.5 Å². The van der Waals surface area contributed by atoms with Crippen molar-refractivity contribution >= 4 is 5.97 Å². The van der Waals surface area contributed by atoms with Crippen molar-refractivity contribution in [2.75, 3.05) is 0 Å². The first kappa shape index (κ1) is 15.4. The molecule has 0 aromatic carbocycles. The van der Waals surface area contributed by atoms with Crippen molar-refractivity contribution in [3.8, 4) is 0 Å². The van der Waals surface area contributed by atoms with Crippen LogP contribution in [0.2, 0.25) is 0 Å². The number of nitrogens with one attached hydrogen (secondary N) is 1. The highest BCUT2D eigenvalue weighted by Gasteiger charge is 2.31. The molecule has 0 heterocycles. The lowest BCUT2D eigenvalue weighted by molar-refractivity contribution is -0.161. The molecule has 0 fully saturated rings. The highest BCUT2D eigenvalue weighted by Crippen LogP contribution is 2.12. The van der Waals surface area contributed by atoms with Gasteiger partial charge in [-0.15, -0.1) is 0 Å². The maximum Gasteiger partial charge on any atom is 0.326 e. The van der Waals surface area contributed by atoms with Gasteiger partial charge in [-0.25, -0.2) is 0 Å². The standard InChI is InChI=1S/C12H25NO3/c1-8(14)9(13-11(2,3)4)10(15)16-12(5,6)7/h8-9,13-14H,1-7H3/t8-,9+/m1/s1. The second-order valence-corrected chi connectivity index (χ2v) is 6.15. The number of rotatable bonds is 3. The minimum absolute atomic E-state index is 0.251. The molecule has 4 heteroatoms. The van der Waals surface area contributed by atoms with Crippen LogP contribution in [0.4, 0.5) is 0 Å². The molecule has 96 valence electrons. The Morgan fingerprint density at radius 2 is 1.62 bits per heavy atom. The monoisotopic (exact) mass is 231 g/mol. The van der Waals surface area contributed by atoms with Gasteiger partial charge in [-0.3, -0.25) is 10.1 Å². The van der Waals surface area contributed by atoms with Gasteiger partial charge in [0.1, 0.15) is 11.6 Å². The molecule has 0 bridgehead atoms. The van der Waals surface area contributed by atoms with Crippen LogP contribution in [0.3, 0.4) is 0 Å². The van der Waals surface area contributed by atoms with Gasteiger partial charge in [0.25, 0.3) is 0 Å².